The van der Waals surface area contributed by atoms with Crippen LogP contribution in [0.1, 0.15) is 20.8 Å². The highest BCUT2D eigenvalue weighted by Gasteiger charge is 2.21. The maximum atomic E-state index is 11.5. The standard InChI is InChI=1S/C10H22N2O3/c1-10(2,3)15-9(13)12(4)7-8(6-11)14-5/h8H,6-7,11H2,1-5H3/t8-/m1/s1. The van der Waals surface area contributed by atoms with Crippen molar-refractivity contribution >= 4 is 6.09 Å². The van der Waals surface area contributed by atoms with Crippen LogP contribution in [0.25, 0.3) is 0 Å². The van der Waals surface area contributed by atoms with Crippen LogP contribution in [-0.4, -0.2) is 49.9 Å². The lowest BCUT2D eigenvalue weighted by Gasteiger charge is -2.26. The van der Waals surface area contributed by atoms with Gasteiger partial charge in [-0.3, -0.25) is 0 Å². The molecule has 1 amide bonds. The number of methoxy groups -OCH3 is 1. The largest absolute Gasteiger partial charge is 0.444 e. The molecule has 0 rings (SSSR count). The topological polar surface area (TPSA) is 64.8 Å². The first-order valence-electron chi connectivity index (χ1n) is 4.97. The Bertz CT molecular complexity index is 197. The van der Waals surface area contributed by atoms with Crippen molar-refractivity contribution in [2.75, 3.05) is 27.2 Å². The van der Waals surface area contributed by atoms with Crippen molar-refractivity contribution in [1.29, 1.82) is 0 Å². The third-order valence-corrected chi connectivity index (χ3v) is 1.78. The predicted molar refractivity (Wildman–Crippen MR) is 58.7 cm³/mol. The van der Waals surface area contributed by atoms with E-state index in [1.165, 1.54) is 4.90 Å². The predicted octanol–water partition coefficient (Wildman–Crippen LogP) is 0.827. The van der Waals surface area contributed by atoms with Crippen LogP contribution in [-0.2, 0) is 9.47 Å². The zero-order valence-corrected chi connectivity index (χ0v) is 10.2. The molecule has 0 heterocycles. The SMILES string of the molecule is CO[C@H](CN)CN(C)C(=O)OC(C)(C)C. The van der Waals surface area contributed by atoms with Gasteiger partial charge in [-0.05, 0) is 20.8 Å². The van der Waals surface area contributed by atoms with Gasteiger partial charge in [-0.2, -0.15) is 0 Å². The maximum Gasteiger partial charge on any atom is 0.410 e. The molecule has 0 aromatic heterocycles. The lowest BCUT2D eigenvalue weighted by molar-refractivity contribution is 0.0159. The van der Waals surface area contributed by atoms with Gasteiger partial charge in [-0.25, -0.2) is 4.79 Å². The zero-order chi connectivity index (χ0) is 12.1. The fraction of sp³-hybridized carbons (Fsp3) is 0.900. The number of ether oxygens (including phenoxy) is 2. The van der Waals surface area contributed by atoms with E-state index in [0.717, 1.165) is 0 Å². The molecule has 0 spiro atoms. The normalized spacial score (nSPS) is 13.5. The first kappa shape index (κ1) is 14.2. The van der Waals surface area contributed by atoms with E-state index in [1.54, 1.807) is 14.2 Å². The number of likely N-dealkylation sites (N-methyl/N-ethyl adjacent to an activating group) is 1. The Kier molecular flexibility index (Phi) is 5.60. The second-order valence-electron chi connectivity index (χ2n) is 4.45. The second kappa shape index (κ2) is 5.92. The van der Waals surface area contributed by atoms with Crippen LogP contribution in [0.5, 0.6) is 0 Å². The average molecular weight is 218 g/mol. The molecule has 0 aromatic rings. The molecule has 1 atom stereocenters. The van der Waals surface area contributed by atoms with Crippen molar-refractivity contribution in [2.45, 2.75) is 32.5 Å². The monoisotopic (exact) mass is 218 g/mol. The Balaban J connectivity index is 4.09. The summed E-state index contributed by atoms with van der Waals surface area (Å²) in [5.74, 6) is 0. The van der Waals surface area contributed by atoms with E-state index >= 15 is 0 Å². The lowest BCUT2D eigenvalue weighted by Crippen LogP contribution is -2.41. The van der Waals surface area contributed by atoms with Crippen molar-refractivity contribution in [3.8, 4) is 0 Å². The van der Waals surface area contributed by atoms with Crippen LogP contribution < -0.4 is 5.73 Å². The minimum atomic E-state index is -0.476. The van der Waals surface area contributed by atoms with Gasteiger partial charge in [-0.15, -0.1) is 0 Å². The molecule has 0 aliphatic carbocycles. The smallest absolute Gasteiger partial charge is 0.410 e. The van der Waals surface area contributed by atoms with Crippen LogP contribution in [0.4, 0.5) is 4.79 Å². The molecule has 90 valence electrons. The van der Waals surface area contributed by atoms with E-state index in [4.69, 9.17) is 15.2 Å². The third-order valence-electron chi connectivity index (χ3n) is 1.78. The van der Waals surface area contributed by atoms with Crippen molar-refractivity contribution in [3.05, 3.63) is 0 Å². The van der Waals surface area contributed by atoms with Crippen LogP contribution in [0.3, 0.4) is 0 Å². The Morgan fingerprint density at radius 2 is 2.00 bits per heavy atom. The van der Waals surface area contributed by atoms with Gasteiger partial charge < -0.3 is 20.1 Å². The molecular formula is C10H22N2O3. The molecule has 0 saturated carbocycles. The van der Waals surface area contributed by atoms with Gasteiger partial charge in [0.15, 0.2) is 0 Å². The Labute approximate surface area is 91.5 Å². The summed E-state index contributed by atoms with van der Waals surface area (Å²) in [6.45, 7) is 6.30. The molecule has 5 heteroatoms. The number of hydrogen-bond acceptors (Lipinski definition) is 4. The summed E-state index contributed by atoms with van der Waals surface area (Å²) in [6.07, 6.45) is -0.513. The highest BCUT2D eigenvalue weighted by molar-refractivity contribution is 5.67. The second-order valence-corrected chi connectivity index (χ2v) is 4.45. The van der Waals surface area contributed by atoms with Crippen LogP contribution in [0.2, 0.25) is 0 Å². The van der Waals surface area contributed by atoms with E-state index in [2.05, 4.69) is 0 Å². The van der Waals surface area contributed by atoms with E-state index in [9.17, 15) is 4.79 Å². The number of nitrogens with zero attached hydrogens (tertiary/aromatic N) is 1. The van der Waals surface area contributed by atoms with Gasteiger partial charge in [0.25, 0.3) is 0 Å². The van der Waals surface area contributed by atoms with Gasteiger partial charge in [0.05, 0.1) is 12.6 Å². The molecule has 0 radical (unpaired) electrons. The maximum absolute atomic E-state index is 11.5. The first-order chi connectivity index (χ1) is 6.80. The highest BCUT2D eigenvalue weighted by Crippen LogP contribution is 2.09. The van der Waals surface area contributed by atoms with Crippen molar-refractivity contribution in [2.24, 2.45) is 5.73 Å². The van der Waals surface area contributed by atoms with Crippen molar-refractivity contribution in [1.82, 2.24) is 4.90 Å². The van der Waals surface area contributed by atoms with E-state index in [0.29, 0.717) is 13.1 Å². The van der Waals surface area contributed by atoms with Crippen LogP contribution in [0.15, 0.2) is 0 Å². The summed E-state index contributed by atoms with van der Waals surface area (Å²) in [5.41, 5.74) is 4.98. The molecule has 5 nitrogen and oxygen atoms in total. The van der Waals surface area contributed by atoms with E-state index in [-0.39, 0.29) is 12.2 Å². The number of amides is 1. The molecule has 2 N–H and O–H groups in total. The Morgan fingerprint density at radius 1 is 1.47 bits per heavy atom. The summed E-state index contributed by atoms with van der Waals surface area (Å²) in [7, 11) is 3.23. The van der Waals surface area contributed by atoms with Crippen molar-refractivity contribution in [3.63, 3.8) is 0 Å². The number of carbonyl (C=O) groups is 1. The van der Waals surface area contributed by atoms with Crippen LogP contribution >= 0.6 is 0 Å². The van der Waals surface area contributed by atoms with Gasteiger partial charge >= 0.3 is 6.09 Å². The summed E-state index contributed by atoms with van der Waals surface area (Å²) in [6, 6.07) is 0. The average Bonchev–Trinajstić information content (AvgIpc) is 2.10. The van der Waals surface area contributed by atoms with Crippen molar-refractivity contribution < 1.29 is 14.3 Å². The first-order valence-corrected chi connectivity index (χ1v) is 4.97. The minimum absolute atomic E-state index is 0.150. The molecule has 0 fully saturated rings. The van der Waals surface area contributed by atoms with Gasteiger partial charge in [0, 0.05) is 20.7 Å². The minimum Gasteiger partial charge on any atom is -0.444 e. The fourth-order valence-corrected chi connectivity index (χ4v) is 0.965. The number of carbonyl (C=O) groups excluding carboxylic acids is 1. The van der Waals surface area contributed by atoms with Gasteiger partial charge in [-0.1, -0.05) is 0 Å². The summed E-state index contributed by atoms with van der Waals surface area (Å²) in [4.78, 5) is 13.0. The molecule has 15 heavy (non-hydrogen) atoms. The van der Waals surface area contributed by atoms with Gasteiger partial charge in [0.2, 0.25) is 0 Å². The number of hydrogen-bond donors (Lipinski definition) is 1. The highest BCUT2D eigenvalue weighted by atomic mass is 16.6. The summed E-state index contributed by atoms with van der Waals surface area (Å²) >= 11 is 0. The summed E-state index contributed by atoms with van der Waals surface area (Å²) < 4.78 is 10.3. The van der Waals surface area contributed by atoms with Crippen LogP contribution in [0, 0.1) is 0 Å². The number of rotatable bonds is 4. The lowest BCUT2D eigenvalue weighted by atomic mass is 10.2. The third kappa shape index (κ3) is 6.30. The molecule has 0 aliphatic rings. The molecule has 0 bridgehead atoms. The molecule has 0 unspecified atom stereocenters. The van der Waals surface area contributed by atoms with E-state index in [1.807, 2.05) is 20.8 Å². The van der Waals surface area contributed by atoms with Gasteiger partial charge in [0.1, 0.15) is 5.60 Å². The molecule has 0 aromatic carbocycles. The molecular weight excluding hydrogens is 196 g/mol. The molecule has 0 saturated heterocycles. The summed E-state index contributed by atoms with van der Waals surface area (Å²) in [5, 5.41) is 0. The Morgan fingerprint density at radius 3 is 2.33 bits per heavy atom. The molecule has 0 aliphatic heterocycles. The van der Waals surface area contributed by atoms with E-state index < -0.39 is 5.60 Å². The quantitative estimate of drug-likeness (QED) is 0.759. The number of nitrogens with two attached hydrogens (primary N) is 1. The zero-order valence-electron chi connectivity index (χ0n) is 10.2. The fourth-order valence-electron chi connectivity index (χ4n) is 0.965. The Hall–Kier alpha value is -0.810.